The molecule has 0 radical (unpaired) electrons. The lowest BCUT2D eigenvalue weighted by atomic mass is 9.94. The molecule has 3 heterocycles. The van der Waals surface area contributed by atoms with Gasteiger partial charge >= 0.3 is 5.97 Å². The first-order chi connectivity index (χ1) is 17.2. The van der Waals surface area contributed by atoms with E-state index in [1.54, 1.807) is 32.9 Å². The molecule has 1 saturated heterocycles. The Morgan fingerprint density at radius 1 is 1.36 bits per heavy atom. The molecule has 194 valence electrons. The zero-order valence-corrected chi connectivity index (χ0v) is 20.9. The number of nitrogens with zero attached hydrogens (tertiary/aromatic N) is 4. The van der Waals surface area contributed by atoms with E-state index in [0.29, 0.717) is 24.5 Å². The molecule has 36 heavy (non-hydrogen) atoms. The Morgan fingerprint density at radius 3 is 2.81 bits per heavy atom. The number of carbonyl (C=O) groups is 2. The highest BCUT2D eigenvalue weighted by Gasteiger charge is 2.52. The highest BCUT2D eigenvalue weighted by atomic mass is 16.6. The van der Waals surface area contributed by atoms with Crippen molar-refractivity contribution in [3.63, 3.8) is 0 Å². The van der Waals surface area contributed by atoms with Crippen molar-refractivity contribution in [2.24, 2.45) is 5.92 Å². The first-order valence-electron chi connectivity index (χ1n) is 12.4. The van der Waals surface area contributed by atoms with Crippen LogP contribution < -0.4 is 5.32 Å². The first kappa shape index (κ1) is 26.0. The molecule has 2 fully saturated rings. The highest BCUT2D eigenvalue weighted by molar-refractivity contribution is 5.98. The third-order valence-corrected chi connectivity index (χ3v) is 6.95. The molecule has 2 N–H and O–H groups in total. The van der Waals surface area contributed by atoms with E-state index in [1.165, 1.54) is 10.8 Å². The van der Waals surface area contributed by atoms with E-state index in [9.17, 15) is 20.0 Å². The van der Waals surface area contributed by atoms with E-state index in [1.807, 2.05) is 0 Å². The predicted molar refractivity (Wildman–Crippen MR) is 128 cm³/mol. The van der Waals surface area contributed by atoms with E-state index in [-0.39, 0.29) is 36.4 Å². The van der Waals surface area contributed by atoms with Crippen LogP contribution in [0.1, 0.15) is 65.0 Å². The second-order valence-electron chi connectivity index (χ2n) is 9.90. The normalized spacial score (nSPS) is 24.6. The number of hydrogen-bond donors (Lipinski definition) is 2. The number of hydrogen-bond acceptors (Lipinski definition) is 9. The molecule has 11 nitrogen and oxygen atoms in total. The van der Waals surface area contributed by atoms with Gasteiger partial charge in [0.15, 0.2) is 5.82 Å². The minimum absolute atomic E-state index is 0.0435. The van der Waals surface area contributed by atoms with Crippen molar-refractivity contribution in [2.45, 2.75) is 82.7 Å². The average molecular weight is 500 g/mol. The van der Waals surface area contributed by atoms with Crippen molar-refractivity contribution in [3.8, 4) is 6.07 Å². The lowest BCUT2D eigenvalue weighted by Gasteiger charge is -2.25. The van der Waals surface area contributed by atoms with Gasteiger partial charge in [-0.1, -0.05) is 12.8 Å². The van der Waals surface area contributed by atoms with Gasteiger partial charge in [0.1, 0.15) is 36.2 Å². The van der Waals surface area contributed by atoms with Crippen molar-refractivity contribution in [1.29, 1.82) is 5.26 Å². The molecule has 1 aliphatic heterocycles. The average Bonchev–Trinajstić information content (AvgIpc) is 3.57. The molecule has 4 rings (SSSR count). The van der Waals surface area contributed by atoms with Gasteiger partial charge < -0.3 is 24.6 Å². The fourth-order valence-corrected chi connectivity index (χ4v) is 4.99. The number of nitrogens with one attached hydrogen (secondary N) is 1. The van der Waals surface area contributed by atoms with Gasteiger partial charge in [0.2, 0.25) is 5.60 Å². The van der Waals surface area contributed by atoms with Crippen molar-refractivity contribution >= 4 is 23.2 Å². The van der Waals surface area contributed by atoms with Crippen LogP contribution in [-0.2, 0) is 29.4 Å². The Balaban J connectivity index is 1.50. The smallest absolute Gasteiger partial charge is 0.306 e. The Bertz CT molecular complexity index is 1150. The van der Waals surface area contributed by atoms with Crippen LogP contribution in [0.4, 0.5) is 5.82 Å². The summed E-state index contributed by atoms with van der Waals surface area (Å²) in [6.45, 7) is 5.43. The summed E-state index contributed by atoms with van der Waals surface area (Å²) >= 11 is 0. The van der Waals surface area contributed by atoms with Gasteiger partial charge in [-0.25, -0.2) is 9.50 Å². The number of aromatic nitrogens is 3. The second-order valence-corrected chi connectivity index (χ2v) is 9.90. The Kier molecular flexibility index (Phi) is 7.59. The maximum absolute atomic E-state index is 12.7. The quantitative estimate of drug-likeness (QED) is 0.496. The van der Waals surface area contributed by atoms with E-state index < -0.39 is 23.4 Å². The van der Waals surface area contributed by atoms with Crippen LogP contribution in [0.15, 0.2) is 18.5 Å². The zero-order valence-electron chi connectivity index (χ0n) is 20.9. The second kappa shape index (κ2) is 10.5. The van der Waals surface area contributed by atoms with Crippen molar-refractivity contribution in [3.05, 3.63) is 24.2 Å². The molecule has 1 aliphatic carbocycles. The van der Waals surface area contributed by atoms with Crippen LogP contribution >= 0.6 is 0 Å². The van der Waals surface area contributed by atoms with Crippen LogP contribution in [0.5, 0.6) is 0 Å². The number of carbonyl (C=O) groups excluding carboxylic acids is 2. The number of ether oxygens (including phenoxy) is 3. The summed E-state index contributed by atoms with van der Waals surface area (Å²) in [5.41, 5.74) is -2.10. The molecule has 2 aromatic rings. The van der Waals surface area contributed by atoms with Crippen molar-refractivity contribution < 1.29 is 28.9 Å². The SMILES string of the molecule is CCOC(C)(C)C(=O)Nc1ncnn2c([C@]3(C#N)O[C@@H](COC(=O)CC4CCCC4)C[C@H]3O)ccc12. The van der Waals surface area contributed by atoms with E-state index >= 15 is 0 Å². The Labute approximate surface area is 209 Å². The molecule has 11 heteroatoms. The van der Waals surface area contributed by atoms with E-state index in [2.05, 4.69) is 21.5 Å². The maximum atomic E-state index is 12.7. The molecular formula is C25H33N5O6. The Hall–Kier alpha value is -3.07. The summed E-state index contributed by atoms with van der Waals surface area (Å²) in [5.74, 6) is -0.0802. The fourth-order valence-electron chi connectivity index (χ4n) is 4.99. The number of anilines is 1. The van der Waals surface area contributed by atoms with Crippen LogP contribution in [0.2, 0.25) is 0 Å². The summed E-state index contributed by atoms with van der Waals surface area (Å²) in [6.07, 6.45) is 4.29. The first-order valence-corrected chi connectivity index (χ1v) is 12.4. The lowest BCUT2D eigenvalue weighted by Crippen LogP contribution is -2.40. The molecule has 0 aromatic carbocycles. The number of rotatable bonds is 9. The summed E-state index contributed by atoms with van der Waals surface area (Å²) in [5, 5.41) is 28.0. The van der Waals surface area contributed by atoms with E-state index in [4.69, 9.17) is 14.2 Å². The Morgan fingerprint density at radius 2 is 2.11 bits per heavy atom. The van der Waals surface area contributed by atoms with Gasteiger partial charge in [-0.15, -0.1) is 0 Å². The minimum atomic E-state index is -1.73. The number of nitriles is 1. The molecule has 0 unspecified atom stereocenters. The number of aliphatic hydroxyl groups excluding tert-OH is 1. The minimum Gasteiger partial charge on any atom is -0.463 e. The monoisotopic (exact) mass is 499 g/mol. The third-order valence-electron chi connectivity index (χ3n) is 6.95. The van der Waals surface area contributed by atoms with Crippen LogP contribution in [-0.4, -0.2) is 62.6 Å². The largest absolute Gasteiger partial charge is 0.463 e. The standard InChI is InChI=1S/C25H33N5O6/c1-4-35-24(2,3)23(33)29-22-18-9-10-19(30(18)28-15-27-22)25(14-26)20(31)12-17(36-25)13-34-21(32)11-16-7-5-6-8-16/h9-10,15-17,20,31H,4-8,11-13H2,1-3H3,(H,27,28,29,33)/t17-,20-,25+/m1/s1. The number of esters is 1. The molecule has 2 aromatic heterocycles. The zero-order chi connectivity index (χ0) is 25.9. The summed E-state index contributed by atoms with van der Waals surface area (Å²) in [6, 6.07) is 5.35. The number of amides is 1. The molecule has 2 aliphatic rings. The van der Waals surface area contributed by atoms with Crippen molar-refractivity contribution in [2.75, 3.05) is 18.5 Å². The van der Waals surface area contributed by atoms with Gasteiger partial charge in [0.25, 0.3) is 5.91 Å². The van der Waals surface area contributed by atoms with Crippen LogP contribution in [0, 0.1) is 17.2 Å². The van der Waals surface area contributed by atoms with Gasteiger partial charge in [-0.2, -0.15) is 10.4 Å². The summed E-state index contributed by atoms with van der Waals surface area (Å²) in [4.78, 5) is 29.1. The predicted octanol–water partition coefficient (Wildman–Crippen LogP) is 2.48. The summed E-state index contributed by atoms with van der Waals surface area (Å²) < 4.78 is 18.3. The highest BCUT2D eigenvalue weighted by Crippen LogP contribution is 2.40. The van der Waals surface area contributed by atoms with Crippen LogP contribution in [0.3, 0.4) is 0 Å². The molecule has 1 saturated carbocycles. The van der Waals surface area contributed by atoms with Gasteiger partial charge in [0.05, 0.1) is 11.8 Å². The number of aliphatic hydroxyl groups is 1. The maximum Gasteiger partial charge on any atom is 0.306 e. The van der Waals surface area contributed by atoms with Gasteiger partial charge in [-0.3, -0.25) is 9.59 Å². The fraction of sp³-hybridized carbons (Fsp3) is 0.640. The molecule has 3 atom stereocenters. The third kappa shape index (κ3) is 5.07. The molecular weight excluding hydrogens is 466 g/mol. The van der Waals surface area contributed by atoms with Crippen LogP contribution in [0.25, 0.3) is 5.52 Å². The molecule has 1 amide bonds. The summed E-state index contributed by atoms with van der Waals surface area (Å²) in [7, 11) is 0. The lowest BCUT2D eigenvalue weighted by molar-refractivity contribution is -0.150. The topological polar surface area (TPSA) is 148 Å². The molecule has 0 spiro atoms. The van der Waals surface area contributed by atoms with E-state index in [0.717, 1.165) is 25.7 Å². The molecule has 0 bridgehead atoms. The number of fused-ring (bicyclic) bond motifs is 1. The van der Waals surface area contributed by atoms with Crippen molar-refractivity contribution in [1.82, 2.24) is 14.6 Å². The van der Waals surface area contributed by atoms with Gasteiger partial charge in [-0.05, 0) is 51.7 Å². The van der Waals surface area contributed by atoms with Gasteiger partial charge in [0, 0.05) is 19.4 Å².